The molecule has 0 aromatic heterocycles. The summed E-state index contributed by atoms with van der Waals surface area (Å²) in [5.41, 5.74) is 2.09. The van der Waals surface area contributed by atoms with Gasteiger partial charge in [0.25, 0.3) is 0 Å². The van der Waals surface area contributed by atoms with Crippen LogP contribution in [0.25, 0.3) is 0 Å². The summed E-state index contributed by atoms with van der Waals surface area (Å²) in [5.74, 6) is -0.599. The summed E-state index contributed by atoms with van der Waals surface area (Å²) < 4.78 is 0. The second kappa shape index (κ2) is 8.11. The van der Waals surface area contributed by atoms with E-state index >= 15 is 0 Å². The van der Waals surface area contributed by atoms with Crippen LogP contribution in [0.15, 0.2) is 72.8 Å². The highest BCUT2D eigenvalue weighted by Crippen LogP contribution is 2.17. The third kappa shape index (κ3) is 4.56. The molecular weight excluding hydrogens is 300 g/mol. The molecule has 0 heterocycles. The van der Waals surface area contributed by atoms with E-state index in [2.05, 4.69) is 17.2 Å². The maximum absolute atomic E-state index is 12.7. The molecule has 2 rings (SSSR count). The van der Waals surface area contributed by atoms with Crippen molar-refractivity contribution in [2.45, 2.75) is 25.9 Å². The standard InChI is InChI=1S/C20H22N2O2/c1-14(2)19(23)22-18(17-12-8-5-9-13-17)20(24)21-15(3)16-10-6-4-7-11-16/h4-13,15,18H,1H2,2-3H3,(H,21,24)(H,22,23)/t15-,18-/m0/s1. The average Bonchev–Trinajstić information content (AvgIpc) is 2.60. The molecule has 0 spiro atoms. The molecule has 2 aromatic rings. The smallest absolute Gasteiger partial charge is 0.247 e. The van der Waals surface area contributed by atoms with Gasteiger partial charge in [-0.1, -0.05) is 67.2 Å². The van der Waals surface area contributed by atoms with Crippen molar-refractivity contribution in [1.82, 2.24) is 10.6 Å². The summed E-state index contributed by atoms with van der Waals surface area (Å²) in [6.07, 6.45) is 0. The summed E-state index contributed by atoms with van der Waals surface area (Å²) in [6.45, 7) is 7.15. The Labute approximate surface area is 142 Å². The van der Waals surface area contributed by atoms with E-state index in [1.807, 2.05) is 67.6 Å². The van der Waals surface area contributed by atoms with Gasteiger partial charge in [0.1, 0.15) is 6.04 Å². The first kappa shape index (κ1) is 17.5. The Morgan fingerprint density at radius 3 is 1.88 bits per heavy atom. The van der Waals surface area contributed by atoms with Crippen molar-refractivity contribution in [3.8, 4) is 0 Å². The summed E-state index contributed by atoms with van der Waals surface area (Å²) in [4.78, 5) is 24.7. The average molecular weight is 322 g/mol. The zero-order valence-electron chi connectivity index (χ0n) is 14.0. The first-order chi connectivity index (χ1) is 11.5. The minimum Gasteiger partial charge on any atom is -0.347 e. The van der Waals surface area contributed by atoms with E-state index in [1.54, 1.807) is 6.92 Å². The molecule has 0 saturated carbocycles. The molecule has 2 N–H and O–H groups in total. The Hall–Kier alpha value is -2.88. The Morgan fingerprint density at radius 1 is 0.875 bits per heavy atom. The number of hydrogen-bond acceptors (Lipinski definition) is 2. The van der Waals surface area contributed by atoms with E-state index in [9.17, 15) is 9.59 Å². The highest BCUT2D eigenvalue weighted by atomic mass is 16.2. The molecule has 0 aliphatic carbocycles. The second-order valence-electron chi connectivity index (χ2n) is 5.74. The van der Waals surface area contributed by atoms with Gasteiger partial charge in [-0.2, -0.15) is 0 Å². The predicted octanol–water partition coefficient (Wildman–Crippen LogP) is 3.30. The van der Waals surface area contributed by atoms with Crippen molar-refractivity contribution in [3.05, 3.63) is 83.9 Å². The molecule has 0 fully saturated rings. The monoisotopic (exact) mass is 322 g/mol. The molecule has 0 bridgehead atoms. The van der Waals surface area contributed by atoms with Crippen molar-refractivity contribution in [2.75, 3.05) is 0 Å². The van der Waals surface area contributed by atoms with E-state index in [4.69, 9.17) is 0 Å². The molecule has 24 heavy (non-hydrogen) atoms. The van der Waals surface area contributed by atoms with Gasteiger partial charge >= 0.3 is 0 Å². The van der Waals surface area contributed by atoms with E-state index in [-0.39, 0.29) is 17.9 Å². The van der Waals surface area contributed by atoms with E-state index in [0.717, 1.165) is 11.1 Å². The molecule has 4 heteroatoms. The van der Waals surface area contributed by atoms with Crippen LogP contribution in [-0.4, -0.2) is 11.8 Å². The SMILES string of the molecule is C=C(C)C(=O)N[C@H](C(=O)N[C@@H](C)c1ccccc1)c1ccccc1. The van der Waals surface area contributed by atoms with Gasteiger partial charge in [0, 0.05) is 5.57 Å². The molecule has 124 valence electrons. The fourth-order valence-corrected chi connectivity index (χ4v) is 2.32. The minimum atomic E-state index is -0.762. The molecule has 0 aliphatic heterocycles. The van der Waals surface area contributed by atoms with Crippen LogP contribution in [0.4, 0.5) is 0 Å². The zero-order valence-corrected chi connectivity index (χ0v) is 14.0. The van der Waals surface area contributed by atoms with Crippen LogP contribution < -0.4 is 10.6 Å². The van der Waals surface area contributed by atoms with Crippen molar-refractivity contribution in [3.63, 3.8) is 0 Å². The molecule has 0 radical (unpaired) electrons. The van der Waals surface area contributed by atoms with Crippen LogP contribution in [0.1, 0.15) is 37.1 Å². The first-order valence-corrected chi connectivity index (χ1v) is 7.85. The number of nitrogens with one attached hydrogen (secondary N) is 2. The second-order valence-corrected chi connectivity index (χ2v) is 5.74. The molecule has 0 saturated heterocycles. The van der Waals surface area contributed by atoms with Gasteiger partial charge in [0.2, 0.25) is 11.8 Å². The topological polar surface area (TPSA) is 58.2 Å². The number of benzene rings is 2. The van der Waals surface area contributed by atoms with Gasteiger partial charge in [0.05, 0.1) is 6.04 Å². The minimum absolute atomic E-state index is 0.161. The molecule has 0 aliphatic rings. The zero-order chi connectivity index (χ0) is 17.5. The van der Waals surface area contributed by atoms with E-state index < -0.39 is 6.04 Å². The van der Waals surface area contributed by atoms with Gasteiger partial charge in [0.15, 0.2) is 0 Å². The normalized spacial score (nSPS) is 12.8. The first-order valence-electron chi connectivity index (χ1n) is 7.85. The maximum atomic E-state index is 12.7. The number of hydrogen-bond donors (Lipinski definition) is 2. The summed E-state index contributed by atoms with van der Waals surface area (Å²) >= 11 is 0. The Morgan fingerprint density at radius 2 is 1.38 bits per heavy atom. The summed E-state index contributed by atoms with van der Waals surface area (Å²) in [5, 5.41) is 5.69. The van der Waals surface area contributed by atoms with Gasteiger partial charge < -0.3 is 10.6 Å². The third-order valence-electron chi connectivity index (χ3n) is 3.72. The van der Waals surface area contributed by atoms with Crippen LogP contribution in [0.2, 0.25) is 0 Å². The number of rotatable bonds is 6. The predicted molar refractivity (Wildman–Crippen MR) is 95.1 cm³/mol. The van der Waals surface area contributed by atoms with E-state index in [1.165, 1.54) is 0 Å². The van der Waals surface area contributed by atoms with Gasteiger partial charge in [-0.05, 0) is 25.0 Å². The Bertz CT molecular complexity index is 711. The third-order valence-corrected chi connectivity index (χ3v) is 3.72. The van der Waals surface area contributed by atoms with Gasteiger partial charge in [-0.15, -0.1) is 0 Å². The van der Waals surface area contributed by atoms with Crippen LogP contribution in [-0.2, 0) is 9.59 Å². The molecule has 0 unspecified atom stereocenters. The molecule has 2 atom stereocenters. The van der Waals surface area contributed by atoms with Crippen LogP contribution in [0, 0.1) is 0 Å². The summed E-state index contributed by atoms with van der Waals surface area (Å²) in [6, 6.07) is 17.9. The number of carbonyl (C=O) groups is 2. The quantitative estimate of drug-likeness (QED) is 0.802. The fourth-order valence-electron chi connectivity index (χ4n) is 2.32. The molecule has 2 aromatic carbocycles. The van der Waals surface area contributed by atoms with Crippen LogP contribution >= 0.6 is 0 Å². The maximum Gasteiger partial charge on any atom is 0.247 e. The van der Waals surface area contributed by atoms with Crippen molar-refractivity contribution in [1.29, 1.82) is 0 Å². The molecule has 4 nitrogen and oxygen atoms in total. The highest BCUT2D eigenvalue weighted by Gasteiger charge is 2.24. The lowest BCUT2D eigenvalue weighted by atomic mass is 10.0. The lowest BCUT2D eigenvalue weighted by molar-refractivity contribution is -0.128. The van der Waals surface area contributed by atoms with E-state index in [0.29, 0.717) is 5.57 Å². The highest BCUT2D eigenvalue weighted by molar-refractivity contribution is 5.96. The molecular formula is C20H22N2O2. The lowest BCUT2D eigenvalue weighted by Gasteiger charge is -2.22. The fraction of sp³-hybridized carbons (Fsp3) is 0.200. The van der Waals surface area contributed by atoms with Gasteiger partial charge in [-0.25, -0.2) is 0 Å². The largest absolute Gasteiger partial charge is 0.347 e. The Kier molecular flexibility index (Phi) is 5.90. The van der Waals surface area contributed by atoms with Crippen LogP contribution in [0.5, 0.6) is 0 Å². The van der Waals surface area contributed by atoms with Crippen molar-refractivity contribution in [2.24, 2.45) is 0 Å². The summed E-state index contributed by atoms with van der Waals surface area (Å²) in [7, 11) is 0. The van der Waals surface area contributed by atoms with Gasteiger partial charge in [-0.3, -0.25) is 9.59 Å². The number of carbonyl (C=O) groups excluding carboxylic acids is 2. The van der Waals surface area contributed by atoms with Crippen molar-refractivity contribution < 1.29 is 9.59 Å². The Balaban J connectivity index is 2.18. The lowest BCUT2D eigenvalue weighted by Crippen LogP contribution is -2.41. The number of amides is 2. The van der Waals surface area contributed by atoms with Crippen molar-refractivity contribution >= 4 is 11.8 Å². The molecule has 2 amide bonds. The van der Waals surface area contributed by atoms with Crippen LogP contribution in [0.3, 0.4) is 0 Å².